The van der Waals surface area contributed by atoms with Gasteiger partial charge >= 0.3 is 6.09 Å². The number of aromatic nitrogens is 1. The zero-order chi connectivity index (χ0) is 24.9. The molecule has 0 saturated heterocycles. The number of hydrogen-bond donors (Lipinski definition) is 3. The van der Waals surface area contributed by atoms with Gasteiger partial charge in [-0.3, -0.25) is 9.69 Å². The standard InChI is InChI=1S/C26H27N3O6/c1-33-10-11-35-9-8-29(26(31)32)18-6-7-20-21-13-17(16-4-3-5-19(12-16)34-2)14-22(25(27)30)24(21)28-23(20)15-18/h3-7,12-15,28H,8-11H2,1-2H3,(H2,27,30)(H,31,32). The highest BCUT2D eigenvalue weighted by atomic mass is 16.5. The van der Waals surface area contributed by atoms with E-state index in [9.17, 15) is 14.7 Å². The first-order valence-electron chi connectivity index (χ1n) is 11.0. The first kappa shape index (κ1) is 24.1. The lowest BCUT2D eigenvalue weighted by molar-refractivity contribution is 0.0738. The molecule has 182 valence electrons. The fourth-order valence-corrected chi connectivity index (χ4v) is 4.06. The molecule has 35 heavy (non-hydrogen) atoms. The molecule has 9 heteroatoms. The minimum absolute atomic E-state index is 0.164. The summed E-state index contributed by atoms with van der Waals surface area (Å²) in [4.78, 5) is 28.7. The summed E-state index contributed by atoms with van der Waals surface area (Å²) in [6, 6.07) is 16.6. The Morgan fingerprint density at radius 1 is 0.971 bits per heavy atom. The van der Waals surface area contributed by atoms with Crippen LogP contribution in [0.25, 0.3) is 32.9 Å². The Morgan fingerprint density at radius 2 is 1.80 bits per heavy atom. The molecule has 4 rings (SSSR count). The van der Waals surface area contributed by atoms with Gasteiger partial charge in [0.25, 0.3) is 5.91 Å². The lowest BCUT2D eigenvalue weighted by Crippen LogP contribution is -2.32. The molecule has 0 aliphatic heterocycles. The first-order chi connectivity index (χ1) is 16.9. The second kappa shape index (κ2) is 10.5. The average molecular weight is 478 g/mol. The molecule has 1 heterocycles. The maximum absolute atomic E-state index is 12.3. The topological polar surface area (TPSA) is 127 Å². The number of ether oxygens (including phenoxy) is 3. The number of carboxylic acid groups (broad SMARTS) is 1. The molecule has 1 aromatic heterocycles. The van der Waals surface area contributed by atoms with Crippen LogP contribution in [0.4, 0.5) is 10.5 Å². The van der Waals surface area contributed by atoms with Gasteiger partial charge in [-0.15, -0.1) is 0 Å². The molecular formula is C26H27N3O6. The van der Waals surface area contributed by atoms with Crippen LogP contribution in [0.1, 0.15) is 10.4 Å². The highest BCUT2D eigenvalue weighted by Gasteiger charge is 2.18. The predicted octanol–water partition coefficient (Wildman–Crippen LogP) is 4.24. The number of nitrogens with two attached hydrogens (primary N) is 1. The van der Waals surface area contributed by atoms with Gasteiger partial charge in [-0.05, 0) is 47.5 Å². The number of methoxy groups -OCH3 is 2. The van der Waals surface area contributed by atoms with Crippen molar-refractivity contribution in [3.05, 3.63) is 60.2 Å². The van der Waals surface area contributed by atoms with Crippen LogP contribution < -0.4 is 15.4 Å². The molecule has 2 amide bonds. The molecule has 9 nitrogen and oxygen atoms in total. The van der Waals surface area contributed by atoms with Gasteiger partial charge in [-0.1, -0.05) is 18.2 Å². The normalized spacial score (nSPS) is 11.1. The number of hydrogen-bond acceptors (Lipinski definition) is 5. The number of anilines is 1. The third-order valence-corrected chi connectivity index (χ3v) is 5.79. The largest absolute Gasteiger partial charge is 0.497 e. The van der Waals surface area contributed by atoms with Crippen molar-refractivity contribution in [2.75, 3.05) is 45.5 Å². The van der Waals surface area contributed by atoms with E-state index < -0.39 is 12.0 Å². The molecule has 4 N–H and O–H groups in total. The van der Waals surface area contributed by atoms with E-state index in [0.29, 0.717) is 41.2 Å². The number of H-pyrrole nitrogens is 1. The number of aromatic amines is 1. The third-order valence-electron chi connectivity index (χ3n) is 5.79. The third kappa shape index (κ3) is 5.06. The van der Waals surface area contributed by atoms with Crippen molar-refractivity contribution < 1.29 is 28.9 Å². The average Bonchev–Trinajstić information content (AvgIpc) is 3.23. The maximum atomic E-state index is 12.3. The number of rotatable bonds is 10. The fraction of sp³-hybridized carbons (Fsp3) is 0.231. The van der Waals surface area contributed by atoms with E-state index in [2.05, 4.69) is 4.98 Å². The van der Waals surface area contributed by atoms with Crippen LogP contribution in [0.3, 0.4) is 0 Å². The SMILES string of the molecule is COCCOCCN(C(=O)O)c1ccc2c(c1)[nH]c1c(C(N)=O)cc(-c3cccc(OC)c3)cc12. The number of fused-ring (bicyclic) bond motifs is 3. The van der Waals surface area contributed by atoms with Crippen LogP contribution in [0, 0.1) is 0 Å². The Labute approximate surface area is 202 Å². The van der Waals surface area contributed by atoms with Crippen molar-refractivity contribution in [1.29, 1.82) is 0 Å². The Morgan fingerprint density at radius 3 is 2.51 bits per heavy atom. The van der Waals surface area contributed by atoms with E-state index in [4.69, 9.17) is 19.9 Å². The minimum atomic E-state index is -1.09. The Hall–Kier alpha value is -4.08. The molecule has 4 aromatic rings. The molecule has 0 fully saturated rings. The van der Waals surface area contributed by atoms with Crippen LogP contribution in [0.5, 0.6) is 5.75 Å². The summed E-state index contributed by atoms with van der Waals surface area (Å²) < 4.78 is 15.7. The van der Waals surface area contributed by atoms with Gasteiger partial charge in [-0.2, -0.15) is 0 Å². The molecular weight excluding hydrogens is 450 g/mol. The number of nitrogens with one attached hydrogen (secondary N) is 1. The van der Waals surface area contributed by atoms with Crippen molar-refractivity contribution in [3.63, 3.8) is 0 Å². The molecule has 0 radical (unpaired) electrons. The summed E-state index contributed by atoms with van der Waals surface area (Å²) >= 11 is 0. The predicted molar refractivity (Wildman–Crippen MR) is 134 cm³/mol. The minimum Gasteiger partial charge on any atom is -0.497 e. The molecule has 0 aliphatic carbocycles. The zero-order valence-corrected chi connectivity index (χ0v) is 19.5. The van der Waals surface area contributed by atoms with Crippen LogP contribution in [-0.2, 0) is 9.47 Å². The number of amides is 2. The highest BCUT2D eigenvalue weighted by molar-refractivity contribution is 6.16. The van der Waals surface area contributed by atoms with Crippen molar-refractivity contribution in [3.8, 4) is 16.9 Å². The molecule has 0 unspecified atom stereocenters. The van der Waals surface area contributed by atoms with Gasteiger partial charge in [0.15, 0.2) is 0 Å². The number of benzene rings is 3. The summed E-state index contributed by atoms with van der Waals surface area (Å²) in [5.41, 5.74) is 9.54. The van der Waals surface area contributed by atoms with Gasteiger partial charge < -0.3 is 30.0 Å². The van der Waals surface area contributed by atoms with Gasteiger partial charge in [0.05, 0.1) is 44.6 Å². The van der Waals surface area contributed by atoms with Gasteiger partial charge in [0.2, 0.25) is 0 Å². The Balaban J connectivity index is 1.76. The van der Waals surface area contributed by atoms with E-state index in [0.717, 1.165) is 21.9 Å². The summed E-state index contributed by atoms with van der Waals surface area (Å²) in [7, 11) is 3.17. The van der Waals surface area contributed by atoms with E-state index in [1.807, 2.05) is 36.4 Å². The van der Waals surface area contributed by atoms with E-state index >= 15 is 0 Å². The van der Waals surface area contributed by atoms with Crippen molar-refractivity contribution >= 4 is 39.5 Å². The second-order valence-electron chi connectivity index (χ2n) is 7.94. The van der Waals surface area contributed by atoms with Gasteiger partial charge in [0.1, 0.15) is 5.75 Å². The lowest BCUT2D eigenvalue weighted by Gasteiger charge is -2.19. The van der Waals surface area contributed by atoms with Crippen LogP contribution in [0.2, 0.25) is 0 Å². The summed E-state index contributed by atoms with van der Waals surface area (Å²) in [6.07, 6.45) is -1.09. The highest BCUT2D eigenvalue weighted by Crippen LogP contribution is 2.35. The Bertz CT molecular complexity index is 1380. The quantitative estimate of drug-likeness (QED) is 0.293. The van der Waals surface area contributed by atoms with Gasteiger partial charge in [-0.25, -0.2) is 4.79 Å². The smallest absolute Gasteiger partial charge is 0.411 e. The molecule has 3 aromatic carbocycles. The summed E-state index contributed by atoms with van der Waals surface area (Å²) in [5.74, 6) is 0.138. The fourth-order valence-electron chi connectivity index (χ4n) is 4.06. The molecule has 0 saturated carbocycles. The van der Waals surface area contributed by atoms with Crippen molar-refractivity contribution in [2.24, 2.45) is 5.73 Å². The van der Waals surface area contributed by atoms with Gasteiger partial charge in [0, 0.05) is 29.1 Å². The zero-order valence-electron chi connectivity index (χ0n) is 19.5. The number of primary amides is 1. The van der Waals surface area contributed by atoms with Crippen LogP contribution in [-0.4, -0.2) is 62.7 Å². The van der Waals surface area contributed by atoms with E-state index in [1.165, 1.54) is 4.90 Å². The number of nitrogens with zero attached hydrogens (tertiary/aromatic N) is 1. The monoisotopic (exact) mass is 477 g/mol. The van der Waals surface area contributed by atoms with Crippen LogP contribution >= 0.6 is 0 Å². The Kier molecular flexibility index (Phi) is 7.19. The van der Waals surface area contributed by atoms with Crippen LogP contribution in [0.15, 0.2) is 54.6 Å². The van der Waals surface area contributed by atoms with E-state index in [-0.39, 0.29) is 13.2 Å². The number of carbonyl (C=O) groups excluding carboxylic acids is 1. The van der Waals surface area contributed by atoms with Crippen molar-refractivity contribution in [2.45, 2.75) is 0 Å². The second-order valence-corrected chi connectivity index (χ2v) is 7.94. The van der Waals surface area contributed by atoms with Crippen molar-refractivity contribution in [1.82, 2.24) is 4.98 Å². The molecule has 0 bridgehead atoms. The summed E-state index contributed by atoms with van der Waals surface area (Å²) in [6.45, 7) is 1.22. The van der Waals surface area contributed by atoms with E-state index in [1.54, 1.807) is 32.4 Å². The maximum Gasteiger partial charge on any atom is 0.411 e. The lowest BCUT2D eigenvalue weighted by atomic mass is 9.98. The number of carbonyl (C=O) groups is 2. The first-order valence-corrected chi connectivity index (χ1v) is 11.0. The molecule has 0 spiro atoms. The molecule has 0 atom stereocenters. The molecule has 0 aliphatic rings. The summed E-state index contributed by atoms with van der Waals surface area (Å²) in [5, 5.41) is 11.4.